The molecule has 3 aromatic heterocycles. The molecule has 0 aliphatic carbocycles. The van der Waals surface area contributed by atoms with Gasteiger partial charge in [-0.1, -0.05) is 23.4 Å². The van der Waals surface area contributed by atoms with Crippen molar-refractivity contribution < 1.29 is 24.1 Å². The van der Waals surface area contributed by atoms with Crippen molar-refractivity contribution in [2.45, 2.75) is 20.5 Å². The number of nitrogens with two attached hydrogens (primary N) is 1. The van der Waals surface area contributed by atoms with Crippen LogP contribution in [0.2, 0.25) is 0 Å². The lowest BCUT2D eigenvalue weighted by Gasteiger charge is -2.04. The van der Waals surface area contributed by atoms with Gasteiger partial charge in [-0.05, 0) is 24.3 Å². The number of pyridine rings is 3. The molecule has 3 aromatic rings. The first kappa shape index (κ1) is 40.0. The van der Waals surface area contributed by atoms with Crippen LogP contribution in [0, 0.1) is 20.2 Å². The number of halogens is 1. The second-order valence-corrected chi connectivity index (χ2v) is 8.21. The molecule has 42 heavy (non-hydrogen) atoms. The second kappa shape index (κ2) is 23.5. The van der Waals surface area contributed by atoms with Crippen molar-refractivity contribution in [2.24, 2.45) is 0 Å². The van der Waals surface area contributed by atoms with Crippen molar-refractivity contribution in [3.05, 3.63) is 106 Å². The number of aromatic nitrogens is 3. The maximum absolute atomic E-state index is 11.4. The van der Waals surface area contributed by atoms with Crippen LogP contribution in [0.5, 0.6) is 0 Å². The SMILES string of the molecule is C.COCCBr.COCCn1cccc(N)c1=O.COCCn1cccc([N+](=O)[O-])c1=O.O=c1[nH]cccc1[N+](=O)[O-]. The van der Waals surface area contributed by atoms with E-state index in [0.29, 0.717) is 26.3 Å². The van der Waals surface area contributed by atoms with Gasteiger partial charge in [0.05, 0.1) is 35.4 Å². The predicted octanol–water partition coefficient (Wildman–Crippen LogP) is 2.43. The van der Waals surface area contributed by atoms with Gasteiger partial charge >= 0.3 is 22.5 Å². The molecule has 234 valence electrons. The van der Waals surface area contributed by atoms with Crippen LogP contribution in [0.1, 0.15) is 7.43 Å². The Morgan fingerprint density at radius 3 is 1.69 bits per heavy atom. The molecular weight excluding hydrogens is 624 g/mol. The van der Waals surface area contributed by atoms with Gasteiger partial charge in [0.1, 0.15) is 0 Å². The molecule has 0 atom stereocenters. The number of alkyl halides is 1. The number of hydrogen-bond donors (Lipinski definition) is 2. The molecule has 3 N–H and O–H groups in total. The fraction of sp³-hybridized carbons (Fsp3) is 0.400. The summed E-state index contributed by atoms with van der Waals surface area (Å²) in [5, 5.41) is 21.4. The topological polar surface area (TPSA) is 217 Å². The van der Waals surface area contributed by atoms with Crippen molar-refractivity contribution in [3.8, 4) is 0 Å². The molecule has 0 aliphatic rings. The van der Waals surface area contributed by atoms with Crippen LogP contribution in [0.25, 0.3) is 0 Å². The van der Waals surface area contributed by atoms with Gasteiger partial charge in [0.2, 0.25) is 0 Å². The van der Waals surface area contributed by atoms with Gasteiger partial charge in [0, 0.05) is 70.5 Å². The van der Waals surface area contributed by atoms with E-state index in [1.54, 1.807) is 32.5 Å². The molecule has 0 saturated carbocycles. The molecule has 0 radical (unpaired) electrons. The number of nitro groups is 2. The summed E-state index contributed by atoms with van der Waals surface area (Å²) in [6.07, 6.45) is 4.53. The Hall–Kier alpha value is -4.19. The summed E-state index contributed by atoms with van der Waals surface area (Å²) in [4.78, 5) is 54.4. The summed E-state index contributed by atoms with van der Waals surface area (Å²) in [5.41, 5.74) is 3.41. The highest BCUT2D eigenvalue weighted by atomic mass is 79.9. The summed E-state index contributed by atoms with van der Waals surface area (Å²) >= 11 is 3.18. The Balaban J connectivity index is 0. The van der Waals surface area contributed by atoms with Gasteiger partial charge in [-0.15, -0.1) is 0 Å². The van der Waals surface area contributed by atoms with Crippen LogP contribution in [-0.4, -0.2) is 70.4 Å². The molecule has 0 aromatic carbocycles. The minimum atomic E-state index is -0.723. The molecule has 0 fully saturated rings. The van der Waals surface area contributed by atoms with Crippen LogP contribution in [0.15, 0.2) is 69.4 Å². The lowest BCUT2D eigenvalue weighted by atomic mass is 10.4. The van der Waals surface area contributed by atoms with E-state index in [-0.39, 0.29) is 18.7 Å². The Morgan fingerprint density at radius 2 is 1.29 bits per heavy atom. The summed E-state index contributed by atoms with van der Waals surface area (Å²) in [6, 6.07) is 8.54. The number of aromatic amines is 1. The van der Waals surface area contributed by atoms with Crippen molar-refractivity contribution in [3.63, 3.8) is 0 Å². The number of methoxy groups -OCH3 is 3. The molecular formula is C25H37BrN6O10. The molecule has 0 aliphatic heterocycles. The summed E-state index contributed by atoms with van der Waals surface area (Å²) < 4.78 is 17.0. The monoisotopic (exact) mass is 660 g/mol. The van der Waals surface area contributed by atoms with Gasteiger partial charge in [-0.2, -0.15) is 0 Å². The summed E-state index contributed by atoms with van der Waals surface area (Å²) in [7, 11) is 4.78. The third-order valence-electron chi connectivity index (χ3n) is 4.59. The number of nitrogens with zero attached hydrogens (tertiary/aromatic N) is 4. The van der Waals surface area contributed by atoms with E-state index in [9.17, 15) is 34.6 Å². The number of nitrogen functional groups attached to an aromatic ring is 1. The molecule has 0 amide bonds. The Bertz CT molecular complexity index is 1370. The summed E-state index contributed by atoms with van der Waals surface area (Å²) in [5.74, 6) is 0. The average molecular weight is 662 g/mol. The maximum atomic E-state index is 11.4. The van der Waals surface area contributed by atoms with E-state index in [1.807, 2.05) is 0 Å². The number of anilines is 1. The first-order chi connectivity index (χ1) is 19.5. The summed E-state index contributed by atoms with van der Waals surface area (Å²) in [6.45, 7) is 2.53. The fourth-order valence-electron chi connectivity index (χ4n) is 2.58. The molecule has 17 heteroatoms. The first-order valence-electron chi connectivity index (χ1n) is 11.7. The Kier molecular flexibility index (Phi) is 22.4. The normalized spacial score (nSPS) is 9.43. The standard InChI is InChI=1S/C8H10N2O4.C8H12N2O2.C5H4N2O3.C3H7BrO.CH4/c1-14-6-5-9-4-2-3-7(8(9)11)10(12)13;1-12-6-5-10-4-2-3-7(9)8(10)11;8-5-4(7(9)10)2-1-3-6-5;1-5-3-2-4;/h2-4H,5-6H2,1H3;2-4H,5-6,9H2,1H3;1-3H,(H,6,8);2-3H2,1H3;1H4. The lowest BCUT2D eigenvalue weighted by molar-refractivity contribution is -0.386. The van der Waals surface area contributed by atoms with Gasteiger partial charge in [0.15, 0.2) is 0 Å². The molecule has 0 bridgehead atoms. The van der Waals surface area contributed by atoms with E-state index in [0.717, 1.165) is 18.0 Å². The maximum Gasteiger partial charge on any atom is 0.334 e. The molecule has 0 unspecified atom stereocenters. The zero-order chi connectivity index (χ0) is 31.2. The number of ether oxygens (including phenoxy) is 3. The largest absolute Gasteiger partial charge is 0.394 e. The van der Waals surface area contributed by atoms with E-state index in [4.69, 9.17) is 15.2 Å². The molecule has 0 spiro atoms. The smallest absolute Gasteiger partial charge is 0.334 e. The predicted molar refractivity (Wildman–Crippen MR) is 162 cm³/mol. The quantitative estimate of drug-likeness (QED) is 0.183. The number of rotatable bonds is 10. The van der Waals surface area contributed by atoms with E-state index in [2.05, 4.69) is 25.7 Å². The first-order valence-corrected chi connectivity index (χ1v) is 12.8. The Morgan fingerprint density at radius 1 is 0.810 bits per heavy atom. The van der Waals surface area contributed by atoms with E-state index >= 15 is 0 Å². The third-order valence-corrected chi connectivity index (χ3v) is 4.92. The highest BCUT2D eigenvalue weighted by molar-refractivity contribution is 9.09. The van der Waals surface area contributed by atoms with Gasteiger partial charge in [0.25, 0.3) is 5.56 Å². The molecule has 16 nitrogen and oxygen atoms in total. The minimum Gasteiger partial charge on any atom is -0.394 e. The van der Waals surface area contributed by atoms with Crippen molar-refractivity contribution in [2.75, 3.05) is 52.2 Å². The van der Waals surface area contributed by atoms with E-state index in [1.165, 1.54) is 46.8 Å². The van der Waals surface area contributed by atoms with Gasteiger partial charge in [-0.3, -0.25) is 34.6 Å². The van der Waals surface area contributed by atoms with Crippen LogP contribution >= 0.6 is 15.9 Å². The average Bonchev–Trinajstić information content (AvgIpc) is 2.95. The number of nitrogens with one attached hydrogen (secondary N) is 1. The van der Waals surface area contributed by atoms with Crippen LogP contribution < -0.4 is 22.4 Å². The zero-order valence-corrected chi connectivity index (χ0v) is 24.4. The lowest BCUT2D eigenvalue weighted by Crippen LogP contribution is -2.23. The zero-order valence-electron chi connectivity index (χ0n) is 22.8. The number of hydrogen-bond acceptors (Lipinski definition) is 11. The van der Waals surface area contributed by atoms with Crippen LogP contribution in [0.3, 0.4) is 0 Å². The van der Waals surface area contributed by atoms with E-state index < -0.39 is 32.3 Å². The molecule has 0 saturated heterocycles. The van der Waals surface area contributed by atoms with Crippen molar-refractivity contribution in [1.82, 2.24) is 14.1 Å². The van der Waals surface area contributed by atoms with Crippen LogP contribution in [-0.2, 0) is 27.3 Å². The molecule has 3 heterocycles. The van der Waals surface area contributed by atoms with Crippen LogP contribution in [0.4, 0.5) is 17.1 Å². The third kappa shape index (κ3) is 15.6. The second-order valence-electron chi connectivity index (χ2n) is 7.42. The van der Waals surface area contributed by atoms with Gasteiger partial charge in [-0.25, -0.2) is 0 Å². The fourth-order valence-corrected chi connectivity index (χ4v) is 2.91. The van der Waals surface area contributed by atoms with Crippen molar-refractivity contribution >= 4 is 33.0 Å². The Labute approximate surface area is 250 Å². The highest BCUT2D eigenvalue weighted by Crippen LogP contribution is 2.01. The van der Waals surface area contributed by atoms with Crippen molar-refractivity contribution in [1.29, 1.82) is 0 Å². The number of H-pyrrole nitrogens is 1. The highest BCUT2D eigenvalue weighted by Gasteiger charge is 2.12. The molecule has 3 rings (SSSR count). The minimum absolute atomic E-state index is 0. The van der Waals surface area contributed by atoms with Gasteiger partial charge < -0.3 is 34.1 Å².